The number of para-hydroxylation sites is 2. The molecule has 2 aliphatic carbocycles. The van der Waals surface area contributed by atoms with Crippen molar-refractivity contribution >= 4 is 11.8 Å². The maximum Gasteiger partial charge on any atom is 0.412 e. The number of methoxy groups -OCH3 is 1. The van der Waals surface area contributed by atoms with E-state index in [9.17, 15) is 4.79 Å². The molecule has 21 heavy (non-hydrogen) atoms. The van der Waals surface area contributed by atoms with Gasteiger partial charge in [-0.2, -0.15) is 0 Å². The highest BCUT2D eigenvalue weighted by Gasteiger charge is 2.49. The molecular formula is C17H23NO3. The van der Waals surface area contributed by atoms with E-state index in [0.717, 1.165) is 6.42 Å². The zero-order valence-electron chi connectivity index (χ0n) is 12.6. The van der Waals surface area contributed by atoms with Gasteiger partial charge in [0.15, 0.2) is 0 Å². The van der Waals surface area contributed by atoms with Gasteiger partial charge in [-0.1, -0.05) is 31.4 Å². The number of hydrogen-bond acceptors (Lipinski definition) is 3. The average Bonchev–Trinajstić information content (AvgIpc) is 2.53. The van der Waals surface area contributed by atoms with Crippen molar-refractivity contribution in [2.45, 2.75) is 51.0 Å². The third-order valence-electron chi connectivity index (χ3n) is 5.03. The number of amides is 1. The monoisotopic (exact) mass is 289 g/mol. The molecule has 0 radical (unpaired) electrons. The quantitative estimate of drug-likeness (QED) is 0.899. The molecule has 0 aliphatic heterocycles. The largest absolute Gasteiger partial charge is 0.495 e. The number of ether oxygens (including phenoxy) is 2. The summed E-state index contributed by atoms with van der Waals surface area (Å²) in [4.78, 5) is 12.1. The van der Waals surface area contributed by atoms with Crippen molar-refractivity contribution in [3.05, 3.63) is 24.3 Å². The SMILES string of the molecule is COc1ccccc1NC(=O)O[C@H]1CCC12CCCCC2. The highest BCUT2D eigenvalue weighted by atomic mass is 16.6. The van der Waals surface area contributed by atoms with Crippen LogP contribution < -0.4 is 10.1 Å². The fraction of sp³-hybridized carbons (Fsp3) is 0.588. The van der Waals surface area contributed by atoms with E-state index in [1.165, 1.54) is 38.5 Å². The molecule has 0 saturated heterocycles. The Hall–Kier alpha value is -1.71. The minimum atomic E-state index is -0.367. The molecular weight excluding hydrogens is 266 g/mol. The fourth-order valence-corrected chi connectivity index (χ4v) is 3.70. The minimum Gasteiger partial charge on any atom is -0.495 e. The van der Waals surface area contributed by atoms with Crippen LogP contribution in [0, 0.1) is 5.41 Å². The summed E-state index contributed by atoms with van der Waals surface area (Å²) in [6.45, 7) is 0. The lowest BCUT2D eigenvalue weighted by Gasteiger charge is -2.50. The summed E-state index contributed by atoms with van der Waals surface area (Å²) in [7, 11) is 1.59. The normalized spacial score (nSPS) is 23.2. The molecule has 1 aromatic rings. The molecule has 1 aromatic carbocycles. The summed E-state index contributed by atoms with van der Waals surface area (Å²) in [6.07, 6.45) is 8.21. The van der Waals surface area contributed by atoms with E-state index < -0.39 is 0 Å². The van der Waals surface area contributed by atoms with Gasteiger partial charge in [0.2, 0.25) is 0 Å². The first-order chi connectivity index (χ1) is 10.2. The molecule has 4 heteroatoms. The van der Waals surface area contributed by atoms with E-state index >= 15 is 0 Å². The number of anilines is 1. The van der Waals surface area contributed by atoms with Crippen LogP contribution in [0.2, 0.25) is 0 Å². The summed E-state index contributed by atoms with van der Waals surface area (Å²) in [5.74, 6) is 0.649. The number of carbonyl (C=O) groups is 1. The zero-order chi connectivity index (χ0) is 14.7. The summed E-state index contributed by atoms with van der Waals surface area (Å²) >= 11 is 0. The molecule has 0 heterocycles. The smallest absolute Gasteiger partial charge is 0.412 e. The molecule has 0 unspecified atom stereocenters. The number of hydrogen-bond donors (Lipinski definition) is 1. The van der Waals surface area contributed by atoms with Crippen LogP contribution in [0.5, 0.6) is 5.75 Å². The number of benzene rings is 1. The number of carbonyl (C=O) groups excluding carboxylic acids is 1. The Morgan fingerprint density at radius 3 is 2.62 bits per heavy atom. The molecule has 1 atom stereocenters. The Labute approximate surface area is 125 Å². The Bertz CT molecular complexity index is 509. The first-order valence-corrected chi connectivity index (χ1v) is 7.84. The molecule has 1 N–H and O–H groups in total. The standard InChI is InChI=1S/C17H23NO3/c1-20-14-8-4-3-7-13(14)18-16(19)21-15-9-12-17(15)10-5-2-6-11-17/h3-4,7-8,15H,2,5-6,9-12H2,1H3,(H,18,19)/t15-/m0/s1. The van der Waals surface area contributed by atoms with E-state index in [0.29, 0.717) is 11.4 Å². The second-order valence-electron chi connectivity index (χ2n) is 6.18. The Morgan fingerprint density at radius 2 is 1.95 bits per heavy atom. The minimum absolute atomic E-state index is 0.0903. The van der Waals surface area contributed by atoms with E-state index in [-0.39, 0.29) is 17.6 Å². The van der Waals surface area contributed by atoms with Gasteiger partial charge in [-0.25, -0.2) is 4.79 Å². The molecule has 4 nitrogen and oxygen atoms in total. The van der Waals surface area contributed by atoms with Gasteiger partial charge in [-0.05, 0) is 37.8 Å². The van der Waals surface area contributed by atoms with Crippen LogP contribution in [-0.4, -0.2) is 19.3 Å². The maximum absolute atomic E-state index is 12.1. The van der Waals surface area contributed by atoms with Crippen LogP contribution in [0.25, 0.3) is 0 Å². The van der Waals surface area contributed by atoms with E-state index in [2.05, 4.69) is 5.32 Å². The molecule has 0 bridgehead atoms. The van der Waals surface area contributed by atoms with Crippen LogP contribution in [0.3, 0.4) is 0 Å². The number of rotatable bonds is 3. The molecule has 2 saturated carbocycles. The Morgan fingerprint density at radius 1 is 1.19 bits per heavy atom. The van der Waals surface area contributed by atoms with Crippen LogP contribution >= 0.6 is 0 Å². The van der Waals surface area contributed by atoms with E-state index in [4.69, 9.17) is 9.47 Å². The van der Waals surface area contributed by atoms with Gasteiger partial charge in [0.05, 0.1) is 12.8 Å². The first kappa shape index (κ1) is 14.2. The van der Waals surface area contributed by atoms with Crippen LogP contribution in [0.1, 0.15) is 44.9 Å². The highest BCUT2D eigenvalue weighted by molar-refractivity contribution is 5.86. The van der Waals surface area contributed by atoms with Crippen LogP contribution in [-0.2, 0) is 4.74 Å². The lowest BCUT2D eigenvalue weighted by atomic mass is 9.58. The van der Waals surface area contributed by atoms with E-state index in [1.807, 2.05) is 24.3 Å². The second kappa shape index (κ2) is 5.96. The topological polar surface area (TPSA) is 47.6 Å². The van der Waals surface area contributed by atoms with Gasteiger partial charge in [0.1, 0.15) is 11.9 Å². The molecule has 0 aromatic heterocycles. The molecule has 2 aliphatic rings. The van der Waals surface area contributed by atoms with Crippen molar-refractivity contribution in [3.63, 3.8) is 0 Å². The van der Waals surface area contributed by atoms with E-state index in [1.54, 1.807) is 7.11 Å². The summed E-state index contributed by atoms with van der Waals surface area (Å²) < 4.78 is 10.9. The third kappa shape index (κ3) is 2.85. The molecule has 2 fully saturated rings. The van der Waals surface area contributed by atoms with Crippen molar-refractivity contribution in [2.75, 3.05) is 12.4 Å². The van der Waals surface area contributed by atoms with Gasteiger partial charge in [0, 0.05) is 5.41 Å². The highest BCUT2D eigenvalue weighted by Crippen LogP contribution is 2.53. The molecule has 1 amide bonds. The van der Waals surface area contributed by atoms with Crippen molar-refractivity contribution in [1.29, 1.82) is 0 Å². The van der Waals surface area contributed by atoms with Gasteiger partial charge in [-0.15, -0.1) is 0 Å². The van der Waals surface area contributed by atoms with Crippen LogP contribution in [0.15, 0.2) is 24.3 Å². The summed E-state index contributed by atoms with van der Waals surface area (Å²) in [6, 6.07) is 7.38. The Balaban J connectivity index is 1.59. The van der Waals surface area contributed by atoms with Gasteiger partial charge < -0.3 is 9.47 Å². The lowest BCUT2D eigenvalue weighted by Crippen LogP contribution is -2.49. The van der Waals surface area contributed by atoms with Crippen LogP contribution in [0.4, 0.5) is 10.5 Å². The third-order valence-corrected chi connectivity index (χ3v) is 5.03. The molecule has 3 rings (SSSR count). The maximum atomic E-state index is 12.1. The van der Waals surface area contributed by atoms with Crippen molar-refractivity contribution in [3.8, 4) is 5.75 Å². The average molecular weight is 289 g/mol. The van der Waals surface area contributed by atoms with Gasteiger partial charge >= 0.3 is 6.09 Å². The predicted molar refractivity (Wildman–Crippen MR) is 81.6 cm³/mol. The summed E-state index contributed by atoms with van der Waals surface area (Å²) in [5, 5.41) is 2.80. The predicted octanol–water partition coefficient (Wildman–Crippen LogP) is 4.36. The van der Waals surface area contributed by atoms with Crippen molar-refractivity contribution < 1.29 is 14.3 Å². The number of nitrogens with one attached hydrogen (secondary N) is 1. The Kier molecular flexibility index (Phi) is 4.04. The van der Waals surface area contributed by atoms with Crippen molar-refractivity contribution in [2.24, 2.45) is 5.41 Å². The fourth-order valence-electron chi connectivity index (χ4n) is 3.70. The molecule has 114 valence electrons. The van der Waals surface area contributed by atoms with Gasteiger partial charge in [0.25, 0.3) is 0 Å². The second-order valence-corrected chi connectivity index (χ2v) is 6.18. The summed E-state index contributed by atoms with van der Waals surface area (Å²) in [5.41, 5.74) is 0.929. The van der Waals surface area contributed by atoms with Crippen molar-refractivity contribution in [1.82, 2.24) is 0 Å². The van der Waals surface area contributed by atoms with Gasteiger partial charge in [-0.3, -0.25) is 5.32 Å². The molecule has 1 spiro atoms. The lowest BCUT2D eigenvalue weighted by molar-refractivity contribution is -0.0890. The zero-order valence-corrected chi connectivity index (χ0v) is 12.6. The first-order valence-electron chi connectivity index (χ1n) is 7.84.